The van der Waals surface area contributed by atoms with Gasteiger partial charge in [-0.3, -0.25) is 0 Å². The highest BCUT2D eigenvalue weighted by Gasteiger charge is 0.0000397. The lowest BCUT2D eigenvalue weighted by Crippen LogP contribution is -0.381. The van der Waals surface area contributed by atoms with Gasteiger partial charge < -0.3 is 0 Å². The van der Waals surface area contributed by atoms with Crippen LogP contribution in [0.15, 0.2) is 0 Å². The quantitative estimate of drug-likeness (QED) is 0.384. The molecule has 0 rings (SSSR count). The van der Waals surface area contributed by atoms with Crippen LogP contribution in [0.2, 0.25) is 0 Å². The van der Waals surface area contributed by atoms with E-state index in [1.54, 1.807) is 0 Å². The zero-order valence-corrected chi connectivity index (χ0v) is 1.50. The first-order chi connectivity index (χ1) is 0. The molecule has 0 saturated carbocycles. The molecule has 4 radical (unpaired) electrons. The first-order valence-corrected chi connectivity index (χ1v) is 0. The van der Waals surface area contributed by atoms with Crippen molar-refractivity contribution in [3.8, 4) is 0 Å². The molecule has 0 fully saturated rings. The Morgan fingerprint density at radius 1 is 0.500 bits per heavy atom. The van der Waals surface area contributed by atoms with Gasteiger partial charge in [0.1, 0.15) is 0 Å². The molecule has 0 aromatic heterocycles. The maximum Gasteiger partial charge on any atom is 0 e. The summed E-state index contributed by atoms with van der Waals surface area (Å²) in [5, 5.41) is 0. The second kappa shape index (κ2) is 336. The van der Waals surface area contributed by atoms with Crippen molar-refractivity contribution in [2.24, 2.45) is 0 Å². The van der Waals surface area contributed by atoms with E-state index in [2.05, 4.69) is 0 Å². The second-order valence-electron chi connectivity index (χ2n) is 0. The van der Waals surface area contributed by atoms with Crippen molar-refractivity contribution in [1.29, 1.82) is 0 Å². The van der Waals surface area contributed by atoms with E-state index in [4.69, 9.17) is 0 Å². The van der Waals surface area contributed by atoms with Crippen LogP contribution in [-0.4, -0.2) is 11.0 Å². The van der Waals surface area contributed by atoms with Crippen LogP contribution in [-0.2, 0) is 0 Å². The van der Waals surface area contributed by atoms with E-state index in [1.165, 1.54) is 0 Å². The molecule has 0 aromatic rings. The van der Waals surface area contributed by atoms with Crippen molar-refractivity contribution in [1.82, 2.24) is 0 Å². The molecule has 0 atom stereocenters. The minimum absolute atomic E-state index is 0. The molecular weight excluding hydrogens is 64.1 g/mol. The average Bonchev–Trinajstić information content (AvgIpc) is 0. The molecule has 0 aliphatic carbocycles. The summed E-state index contributed by atoms with van der Waals surface area (Å²) in [7, 11) is 0. The predicted octanol–water partition coefficient (Wildman–Crippen LogP) is 1.53. The van der Waals surface area contributed by atoms with E-state index in [0.29, 0.717) is 0 Å². The summed E-state index contributed by atoms with van der Waals surface area (Å²) in [4.78, 5) is 0. The van der Waals surface area contributed by atoms with Crippen LogP contribution < -0.4 is 0 Å². The SMILES string of the molecule is C.C.C.[Si]. The van der Waals surface area contributed by atoms with Crippen molar-refractivity contribution in [2.75, 3.05) is 0 Å². The van der Waals surface area contributed by atoms with Crippen molar-refractivity contribution >= 4 is 11.0 Å². The van der Waals surface area contributed by atoms with Gasteiger partial charge in [0, 0.05) is 11.0 Å². The van der Waals surface area contributed by atoms with Crippen molar-refractivity contribution in [2.45, 2.75) is 22.3 Å². The van der Waals surface area contributed by atoms with Crippen LogP contribution in [0, 0.1) is 0 Å². The van der Waals surface area contributed by atoms with E-state index in [1.807, 2.05) is 0 Å². The zero-order valence-electron chi connectivity index (χ0n) is 0.500. The molecule has 0 spiro atoms. The van der Waals surface area contributed by atoms with E-state index in [0.717, 1.165) is 0 Å². The van der Waals surface area contributed by atoms with Crippen LogP contribution in [0.4, 0.5) is 0 Å². The van der Waals surface area contributed by atoms with Crippen LogP contribution in [0.1, 0.15) is 22.3 Å². The molecule has 0 amide bonds. The lowest BCUT2D eigenvalue weighted by molar-refractivity contribution is 2.50. The number of rotatable bonds is 0. The summed E-state index contributed by atoms with van der Waals surface area (Å²) in [6, 6.07) is 0. The van der Waals surface area contributed by atoms with Gasteiger partial charge in [-0.25, -0.2) is 0 Å². The van der Waals surface area contributed by atoms with Crippen LogP contribution in [0.25, 0.3) is 0 Å². The first-order valence-electron chi connectivity index (χ1n) is 0. The van der Waals surface area contributed by atoms with E-state index in [-0.39, 0.29) is 33.2 Å². The Morgan fingerprint density at radius 2 is 0.500 bits per heavy atom. The smallest absolute Gasteiger partial charge is 0 e. The fourth-order valence-corrected chi connectivity index (χ4v) is 0. The summed E-state index contributed by atoms with van der Waals surface area (Å²) < 4.78 is 0. The van der Waals surface area contributed by atoms with Crippen LogP contribution >= 0.6 is 0 Å². The fraction of sp³-hybridized carbons (Fsp3) is 1.00. The third-order valence-electron chi connectivity index (χ3n) is 0. The molecule has 0 saturated heterocycles. The van der Waals surface area contributed by atoms with E-state index < -0.39 is 0 Å². The van der Waals surface area contributed by atoms with Gasteiger partial charge in [-0.1, -0.05) is 22.3 Å². The summed E-state index contributed by atoms with van der Waals surface area (Å²) in [6.45, 7) is 0. The molecule has 0 unspecified atom stereocenters. The zero-order chi connectivity index (χ0) is 0. The largest absolute Gasteiger partial charge is 0.0776 e. The minimum Gasteiger partial charge on any atom is -0.0776 e. The summed E-state index contributed by atoms with van der Waals surface area (Å²) in [6.07, 6.45) is 0. The first kappa shape index (κ1) is 928. The highest BCUT2D eigenvalue weighted by Crippen LogP contribution is 0.146. The standard InChI is InChI=1S/3CH4.Si/h3*1H4;. The van der Waals surface area contributed by atoms with Crippen molar-refractivity contribution in [3.05, 3.63) is 0 Å². The molecule has 0 nitrogen and oxygen atoms in total. The van der Waals surface area contributed by atoms with Gasteiger partial charge in [0.15, 0.2) is 0 Å². The van der Waals surface area contributed by atoms with Crippen LogP contribution in [0.3, 0.4) is 0 Å². The van der Waals surface area contributed by atoms with Gasteiger partial charge >= 0.3 is 0 Å². The monoisotopic (exact) mass is 76.1 g/mol. The van der Waals surface area contributed by atoms with E-state index >= 15 is 0 Å². The van der Waals surface area contributed by atoms with Gasteiger partial charge in [0.05, 0.1) is 0 Å². The van der Waals surface area contributed by atoms with Crippen molar-refractivity contribution < 1.29 is 0 Å². The maximum absolute atomic E-state index is 0. The van der Waals surface area contributed by atoms with Gasteiger partial charge in [0.2, 0.25) is 0 Å². The second-order valence-corrected chi connectivity index (χ2v) is 0. The minimum atomic E-state index is 0. The highest BCUT2D eigenvalue weighted by molar-refractivity contribution is 5.75. The molecule has 0 bridgehead atoms. The summed E-state index contributed by atoms with van der Waals surface area (Å²) in [5.74, 6) is 0. The summed E-state index contributed by atoms with van der Waals surface area (Å²) >= 11 is 0. The third kappa shape index (κ3) is 69.8. The number of hydrogen-bond donors (Lipinski definition) is 0. The van der Waals surface area contributed by atoms with Gasteiger partial charge in [-0.2, -0.15) is 0 Å². The normalized spacial score (nSPS) is 0. The lowest BCUT2D eigenvalue weighted by Gasteiger charge is -0.0786. The highest BCUT2D eigenvalue weighted by atomic mass is 28.1. The lowest BCUT2D eigenvalue weighted by atomic mass is 12.0. The fourth-order valence-electron chi connectivity index (χ4n) is 0. The average molecular weight is 76.2 g/mol. The van der Waals surface area contributed by atoms with Crippen LogP contribution in [0.5, 0.6) is 0 Å². The Morgan fingerprint density at radius 3 is 0.500 bits per heavy atom. The Labute approximate surface area is 34.3 Å². The summed E-state index contributed by atoms with van der Waals surface area (Å²) in [5.41, 5.74) is 0. The van der Waals surface area contributed by atoms with Gasteiger partial charge in [-0.05, 0) is 0 Å². The molecule has 0 heterocycles. The predicted molar refractivity (Wildman–Crippen MR) is 25.9 cm³/mol. The maximum atomic E-state index is 0. The molecule has 0 aromatic carbocycles. The topological polar surface area (TPSA) is 0 Å². The Hall–Kier alpha value is 0.217. The molecule has 0 N–H and O–H groups in total. The Bertz CT molecular complexity index is 3.25. The van der Waals surface area contributed by atoms with Crippen molar-refractivity contribution in [3.63, 3.8) is 0 Å². The molecule has 1 heteroatoms. The molecular formula is C3H12Si. The van der Waals surface area contributed by atoms with Gasteiger partial charge in [0.25, 0.3) is 0 Å². The number of hydrogen-bond acceptors (Lipinski definition) is 0. The third-order valence-corrected chi connectivity index (χ3v) is 0. The molecule has 0 aliphatic rings. The molecule has 0 aliphatic heterocycles. The van der Waals surface area contributed by atoms with Gasteiger partial charge in [-0.15, -0.1) is 0 Å². The Kier molecular flexibility index (Phi) is 78000. The molecule has 4 heavy (non-hydrogen) atoms. The molecule has 28 valence electrons. The van der Waals surface area contributed by atoms with E-state index in [9.17, 15) is 0 Å². The Balaban J connectivity index is 0.